The third-order valence-electron chi connectivity index (χ3n) is 6.52. The van der Waals surface area contributed by atoms with E-state index >= 15 is 0 Å². The quantitative estimate of drug-likeness (QED) is 0.342. The SMILES string of the molecule is CC(C)c1ccc(C2/C(=C(/O)c3ccc4c(c3)CCO4)C(=O)C(=O)N2Cc2ccncc2)cc1. The number of nitrogens with zero attached hydrogens (tertiary/aromatic N) is 2. The number of aromatic nitrogens is 1. The Labute approximate surface area is 198 Å². The lowest BCUT2D eigenvalue weighted by Crippen LogP contribution is -2.29. The van der Waals surface area contributed by atoms with Crippen molar-refractivity contribution in [3.63, 3.8) is 0 Å². The van der Waals surface area contributed by atoms with Crippen molar-refractivity contribution in [1.29, 1.82) is 0 Å². The third kappa shape index (κ3) is 3.85. The van der Waals surface area contributed by atoms with Crippen LogP contribution in [0.4, 0.5) is 0 Å². The van der Waals surface area contributed by atoms with Gasteiger partial charge in [0.2, 0.25) is 0 Å². The molecule has 1 amide bonds. The lowest BCUT2D eigenvalue weighted by Gasteiger charge is -2.26. The van der Waals surface area contributed by atoms with Gasteiger partial charge in [0.25, 0.3) is 11.7 Å². The third-order valence-corrected chi connectivity index (χ3v) is 6.52. The molecule has 2 aliphatic heterocycles. The Kier molecular flexibility index (Phi) is 5.65. The molecule has 1 atom stereocenters. The first-order chi connectivity index (χ1) is 16.4. The summed E-state index contributed by atoms with van der Waals surface area (Å²) in [5.74, 6) is -0.327. The molecule has 172 valence electrons. The number of ketones is 1. The van der Waals surface area contributed by atoms with Crippen LogP contribution in [0, 0.1) is 0 Å². The van der Waals surface area contributed by atoms with Gasteiger partial charge in [0.15, 0.2) is 0 Å². The molecular formula is C28H26N2O4. The molecular weight excluding hydrogens is 428 g/mol. The van der Waals surface area contributed by atoms with E-state index in [1.165, 1.54) is 4.90 Å². The van der Waals surface area contributed by atoms with Crippen LogP contribution in [-0.2, 0) is 22.6 Å². The van der Waals surface area contributed by atoms with Crippen LogP contribution in [0.3, 0.4) is 0 Å². The van der Waals surface area contributed by atoms with Crippen molar-refractivity contribution >= 4 is 17.4 Å². The molecule has 6 heteroatoms. The minimum atomic E-state index is -0.695. The van der Waals surface area contributed by atoms with Crippen molar-refractivity contribution in [3.05, 3.63) is 100 Å². The molecule has 3 aromatic rings. The van der Waals surface area contributed by atoms with Crippen molar-refractivity contribution in [2.24, 2.45) is 0 Å². The van der Waals surface area contributed by atoms with Crippen molar-refractivity contribution < 1.29 is 19.4 Å². The van der Waals surface area contributed by atoms with E-state index in [0.717, 1.165) is 34.4 Å². The number of Topliss-reactive ketones (excluding diaryl/α,β-unsaturated/α-hetero) is 1. The largest absolute Gasteiger partial charge is 0.507 e. The summed E-state index contributed by atoms with van der Waals surface area (Å²) in [6.07, 6.45) is 4.06. The summed E-state index contributed by atoms with van der Waals surface area (Å²) < 4.78 is 5.57. The van der Waals surface area contributed by atoms with Crippen molar-refractivity contribution in [2.75, 3.05) is 6.61 Å². The van der Waals surface area contributed by atoms with Gasteiger partial charge in [-0.05, 0) is 58.5 Å². The van der Waals surface area contributed by atoms with E-state index < -0.39 is 17.7 Å². The number of carbonyl (C=O) groups is 2. The summed E-state index contributed by atoms with van der Waals surface area (Å²) >= 11 is 0. The fourth-order valence-electron chi connectivity index (χ4n) is 4.63. The Morgan fingerprint density at radius 1 is 1.09 bits per heavy atom. The molecule has 1 saturated heterocycles. The second-order valence-corrected chi connectivity index (χ2v) is 9.02. The maximum absolute atomic E-state index is 13.3. The van der Waals surface area contributed by atoms with Crippen LogP contribution in [0.25, 0.3) is 5.76 Å². The number of amides is 1. The first-order valence-corrected chi connectivity index (χ1v) is 11.5. The van der Waals surface area contributed by atoms with Crippen molar-refractivity contribution in [1.82, 2.24) is 9.88 Å². The van der Waals surface area contributed by atoms with E-state index in [4.69, 9.17) is 4.74 Å². The number of fused-ring (bicyclic) bond motifs is 1. The molecule has 3 heterocycles. The van der Waals surface area contributed by atoms with Crippen LogP contribution in [0.5, 0.6) is 5.75 Å². The number of ether oxygens (including phenoxy) is 1. The molecule has 5 rings (SSSR count). The van der Waals surface area contributed by atoms with E-state index in [-0.39, 0.29) is 17.9 Å². The molecule has 1 unspecified atom stereocenters. The van der Waals surface area contributed by atoms with Crippen LogP contribution in [0.15, 0.2) is 72.6 Å². The molecule has 2 aliphatic rings. The standard InChI is InChI=1S/C28H26N2O4/c1-17(2)19-3-5-20(6-4-19)25-24(26(31)22-7-8-23-21(15-22)11-14-34-23)27(32)28(33)30(25)16-18-9-12-29-13-10-18/h3-10,12-13,15,17,25,31H,11,14,16H2,1-2H3/b26-24-. The van der Waals surface area contributed by atoms with Crippen LogP contribution < -0.4 is 4.74 Å². The lowest BCUT2D eigenvalue weighted by atomic mass is 9.92. The minimum Gasteiger partial charge on any atom is -0.507 e. The number of aliphatic hydroxyl groups excluding tert-OH is 1. The van der Waals surface area contributed by atoms with Crippen molar-refractivity contribution in [2.45, 2.75) is 38.8 Å². The van der Waals surface area contributed by atoms with Crippen LogP contribution in [-0.4, -0.2) is 33.3 Å². The van der Waals surface area contributed by atoms with E-state index in [1.54, 1.807) is 24.5 Å². The summed E-state index contributed by atoms with van der Waals surface area (Å²) in [6.45, 7) is 5.06. The smallest absolute Gasteiger partial charge is 0.295 e. The molecule has 0 aliphatic carbocycles. The van der Waals surface area contributed by atoms with Gasteiger partial charge in [0.05, 0.1) is 18.2 Å². The Bertz CT molecular complexity index is 1280. The summed E-state index contributed by atoms with van der Waals surface area (Å²) in [5.41, 5.74) is 4.39. The zero-order valence-corrected chi connectivity index (χ0v) is 19.2. The molecule has 2 aromatic carbocycles. The van der Waals surface area contributed by atoms with Gasteiger partial charge in [0, 0.05) is 30.9 Å². The fourth-order valence-corrected chi connectivity index (χ4v) is 4.63. The topological polar surface area (TPSA) is 79.7 Å². The van der Waals surface area contributed by atoms with Crippen molar-refractivity contribution in [3.8, 4) is 5.75 Å². The maximum Gasteiger partial charge on any atom is 0.295 e. The number of hydrogen-bond acceptors (Lipinski definition) is 5. The number of benzene rings is 2. The van der Waals surface area contributed by atoms with E-state index in [0.29, 0.717) is 18.1 Å². The predicted octanol–water partition coefficient (Wildman–Crippen LogP) is 4.76. The van der Waals surface area contributed by atoms with Gasteiger partial charge in [0.1, 0.15) is 11.5 Å². The molecule has 1 aromatic heterocycles. The molecule has 34 heavy (non-hydrogen) atoms. The zero-order chi connectivity index (χ0) is 23.8. The molecule has 6 nitrogen and oxygen atoms in total. The highest BCUT2D eigenvalue weighted by Crippen LogP contribution is 2.41. The number of rotatable bonds is 5. The first-order valence-electron chi connectivity index (χ1n) is 11.5. The monoisotopic (exact) mass is 454 g/mol. The predicted molar refractivity (Wildman–Crippen MR) is 128 cm³/mol. The van der Waals surface area contributed by atoms with Gasteiger partial charge >= 0.3 is 0 Å². The maximum atomic E-state index is 13.3. The molecule has 0 bridgehead atoms. The Morgan fingerprint density at radius 2 is 1.82 bits per heavy atom. The normalized spacial score (nSPS) is 18.9. The van der Waals surface area contributed by atoms with Gasteiger partial charge in [-0.15, -0.1) is 0 Å². The summed E-state index contributed by atoms with van der Waals surface area (Å²) in [5, 5.41) is 11.3. The van der Waals surface area contributed by atoms with Gasteiger partial charge in [-0.2, -0.15) is 0 Å². The summed E-state index contributed by atoms with van der Waals surface area (Å²) in [4.78, 5) is 32.0. The average molecular weight is 455 g/mol. The van der Waals surface area contributed by atoms with Gasteiger partial charge in [-0.1, -0.05) is 38.1 Å². The van der Waals surface area contributed by atoms with Crippen LogP contribution in [0.2, 0.25) is 0 Å². The molecule has 0 radical (unpaired) electrons. The number of aliphatic hydroxyl groups is 1. The first kappa shape index (κ1) is 21.9. The lowest BCUT2D eigenvalue weighted by molar-refractivity contribution is -0.140. The number of hydrogen-bond donors (Lipinski definition) is 1. The van der Waals surface area contributed by atoms with E-state index in [9.17, 15) is 14.7 Å². The van der Waals surface area contributed by atoms with Gasteiger partial charge in [-0.3, -0.25) is 14.6 Å². The van der Waals surface area contributed by atoms with E-state index in [2.05, 4.69) is 18.8 Å². The highest BCUT2D eigenvalue weighted by molar-refractivity contribution is 6.46. The molecule has 1 fully saturated rings. The highest BCUT2D eigenvalue weighted by Gasteiger charge is 2.46. The van der Waals surface area contributed by atoms with Crippen LogP contribution in [0.1, 0.15) is 53.6 Å². The fraction of sp³-hybridized carbons (Fsp3) is 0.250. The minimum absolute atomic E-state index is 0.107. The molecule has 0 spiro atoms. The average Bonchev–Trinajstić information content (AvgIpc) is 3.42. The number of pyridine rings is 1. The van der Waals surface area contributed by atoms with Gasteiger partial charge < -0.3 is 14.7 Å². The number of likely N-dealkylation sites (tertiary alicyclic amines) is 1. The summed E-state index contributed by atoms with van der Waals surface area (Å²) in [7, 11) is 0. The second-order valence-electron chi connectivity index (χ2n) is 9.02. The Balaban J connectivity index is 1.63. The zero-order valence-electron chi connectivity index (χ0n) is 19.2. The molecule has 1 N–H and O–H groups in total. The van der Waals surface area contributed by atoms with Crippen LogP contribution >= 0.6 is 0 Å². The second kappa shape index (κ2) is 8.78. The highest BCUT2D eigenvalue weighted by atomic mass is 16.5. The number of carbonyl (C=O) groups excluding carboxylic acids is 2. The molecule has 0 saturated carbocycles. The Hall–Kier alpha value is -3.93. The Morgan fingerprint density at radius 3 is 2.53 bits per heavy atom. The van der Waals surface area contributed by atoms with Gasteiger partial charge in [-0.25, -0.2) is 0 Å². The van der Waals surface area contributed by atoms with E-state index in [1.807, 2.05) is 42.5 Å². The summed E-state index contributed by atoms with van der Waals surface area (Å²) in [6, 6.07) is 16.2.